The Kier molecular flexibility index (Phi) is 3.77. The van der Waals surface area contributed by atoms with E-state index in [9.17, 15) is 14.9 Å². The fraction of sp³-hybridized carbons (Fsp3) is 0.0476. The van der Waals surface area contributed by atoms with Gasteiger partial charge in [-0.05, 0) is 18.2 Å². The maximum atomic E-state index is 13.5. The Hall–Kier alpha value is -4.20. The summed E-state index contributed by atoms with van der Waals surface area (Å²) in [5.74, 6) is 0.430. The van der Waals surface area contributed by atoms with Crippen LogP contribution in [0.2, 0.25) is 0 Å². The van der Waals surface area contributed by atoms with Gasteiger partial charge in [0.15, 0.2) is 11.5 Å². The largest absolute Gasteiger partial charge is 0.454 e. The zero-order valence-electron chi connectivity index (χ0n) is 14.9. The lowest BCUT2D eigenvalue weighted by Gasteiger charge is -2.07. The molecule has 1 aliphatic rings. The number of hydrogen-bond donors (Lipinski definition) is 0. The summed E-state index contributed by atoms with van der Waals surface area (Å²) in [6.07, 6.45) is 1.66. The fourth-order valence-corrected chi connectivity index (χ4v) is 3.46. The summed E-state index contributed by atoms with van der Waals surface area (Å²) in [7, 11) is 0. The second-order valence-corrected chi connectivity index (χ2v) is 6.39. The number of fused-ring (bicyclic) bond motifs is 2. The van der Waals surface area contributed by atoms with E-state index in [1.807, 2.05) is 30.3 Å². The molecule has 1 aliphatic heterocycles. The van der Waals surface area contributed by atoms with Crippen LogP contribution in [-0.2, 0) is 0 Å². The molecule has 0 amide bonds. The minimum absolute atomic E-state index is 0.0296. The molecule has 0 atom stereocenters. The highest BCUT2D eigenvalue weighted by Crippen LogP contribution is 2.38. The molecule has 0 saturated heterocycles. The molecule has 29 heavy (non-hydrogen) atoms. The maximum absolute atomic E-state index is 13.5. The second kappa shape index (κ2) is 6.45. The van der Waals surface area contributed by atoms with Crippen molar-refractivity contribution in [2.75, 3.05) is 6.79 Å². The van der Waals surface area contributed by atoms with E-state index in [0.717, 1.165) is 0 Å². The molecule has 0 unspecified atom stereocenters. The van der Waals surface area contributed by atoms with E-state index in [1.165, 1.54) is 6.07 Å². The number of para-hydroxylation sites is 1. The number of nitrogens with zero attached hydrogens (tertiary/aromatic N) is 3. The van der Waals surface area contributed by atoms with Gasteiger partial charge >= 0.3 is 5.69 Å². The third kappa shape index (κ3) is 2.61. The number of carbonyl (C=O) groups is 1. The Labute approximate surface area is 164 Å². The lowest BCUT2D eigenvalue weighted by atomic mass is 10.0. The minimum Gasteiger partial charge on any atom is -0.454 e. The van der Waals surface area contributed by atoms with Crippen LogP contribution in [0, 0.1) is 10.1 Å². The first-order chi connectivity index (χ1) is 14.1. The van der Waals surface area contributed by atoms with Gasteiger partial charge in [-0.25, -0.2) is 4.98 Å². The van der Waals surface area contributed by atoms with Crippen molar-refractivity contribution in [1.82, 2.24) is 9.38 Å². The van der Waals surface area contributed by atoms with Gasteiger partial charge < -0.3 is 9.47 Å². The Bertz CT molecular complexity index is 1280. The van der Waals surface area contributed by atoms with Crippen molar-refractivity contribution in [1.29, 1.82) is 0 Å². The fourth-order valence-electron chi connectivity index (χ4n) is 3.46. The van der Waals surface area contributed by atoms with Crippen LogP contribution >= 0.6 is 0 Å². The molecule has 0 aliphatic carbocycles. The van der Waals surface area contributed by atoms with E-state index in [4.69, 9.17) is 9.47 Å². The molecule has 142 valence electrons. The third-order valence-corrected chi connectivity index (χ3v) is 4.73. The molecule has 2 aromatic carbocycles. The molecular weight excluding hydrogens is 374 g/mol. The van der Waals surface area contributed by atoms with Gasteiger partial charge in [-0.1, -0.05) is 36.4 Å². The molecular formula is C21H13N3O5. The number of benzene rings is 2. The predicted molar refractivity (Wildman–Crippen MR) is 103 cm³/mol. The Morgan fingerprint density at radius 2 is 1.86 bits per heavy atom. The molecule has 8 heteroatoms. The van der Waals surface area contributed by atoms with Crippen molar-refractivity contribution in [3.05, 3.63) is 88.2 Å². The topological polar surface area (TPSA) is 96.0 Å². The first-order valence-corrected chi connectivity index (χ1v) is 8.79. The van der Waals surface area contributed by atoms with Crippen LogP contribution in [0.4, 0.5) is 5.69 Å². The summed E-state index contributed by atoms with van der Waals surface area (Å²) < 4.78 is 12.4. The van der Waals surface area contributed by atoms with Crippen LogP contribution in [0.1, 0.15) is 16.1 Å². The first-order valence-electron chi connectivity index (χ1n) is 8.79. The lowest BCUT2D eigenvalue weighted by Crippen LogP contribution is -2.06. The number of aromatic nitrogens is 2. The Balaban J connectivity index is 1.80. The molecule has 0 radical (unpaired) electrons. The number of pyridine rings is 1. The molecule has 5 rings (SSSR count). The van der Waals surface area contributed by atoms with E-state index in [-0.39, 0.29) is 23.8 Å². The summed E-state index contributed by atoms with van der Waals surface area (Å²) in [6.45, 7) is 0.0296. The molecule has 0 fully saturated rings. The molecule has 3 heterocycles. The van der Waals surface area contributed by atoms with Crippen LogP contribution < -0.4 is 9.47 Å². The van der Waals surface area contributed by atoms with Gasteiger partial charge in [-0.3, -0.25) is 19.3 Å². The van der Waals surface area contributed by atoms with Gasteiger partial charge in [-0.15, -0.1) is 0 Å². The summed E-state index contributed by atoms with van der Waals surface area (Å²) in [5, 5.41) is 11.5. The average Bonchev–Trinajstić information content (AvgIpc) is 3.38. The lowest BCUT2D eigenvalue weighted by molar-refractivity contribution is -0.383. The van der Waals surface area contributed by atoms with E-state index >= 15 is 0 Å². The van der Waals surface area contributed by atoms with Crippen molar-refractivity contribution < 1.29 is 19.2 Å². The molecule has 4 aromatic rings. The number of nitro groups is 1. The number of carbonyl (C=O) groups excluding carboxylic acids is 1. The number of ether oxygens (including phenoxy) is 2. The van der Waals surface area contributed by atoms with Gasteiger partial charge in [0, 0.05) is 17.8 Å². The predicted octanol–water partition coefficient (Wildman–Crippen LogP) is 3.87. The van der Waals surface area contributed by atoms with Crippen LogP contribution in [0.3, 0.4) is 0 Å². The molecule has 0 spiro atoms. The first kappa shape index (κ1) is 16.9. The summed E-state index contributed by atoms with van der Waals surface area (Å²) in [6, 6.07) is 17.1. The number of hydrogen-bond acceptors (Lipinski definition) is 6. The number of rotatable bonds is 4. The van der Waals surface area contributed by atoms with Gasteiger partial charge in [0.05, 0.1) is 16.2 Å². The number of ketones is 1. The summed E-state index contributed by atoms with van der Waals surface area (Å²) in [4.78, 5) is 28.8. The van der Waals surface area contributed by atoms with E-state index in [0.29, 0.717) is 28.3 Å². The minimum atomic E-state index is -0.511. The molecule has 0 saturated carbocycles. The highest BCUT2D eigenvalue weighted by atomic mass is 16.7. The molecule has 2 aromatic heterocycles. The highest BCUT2D eigenvalue weighted by Gasteiger charge is 2.29. The smallest absolute Gasteiger partial charge is 0.312 e. The number of imidazole rings is 1. The second-order valence-electron chi connectivity index (χ2n) is 6.39. The van der Waals surface area contributed by atoms with Crippen LogP contribution in [0.15, 0.2) is 66.9 Å². The van der Waals surface area contributed by atoms with Crippen molar-refractivity contribution in [3.8, 4) is 22.8 Å². The maximum Gasteiger partial charge on any atom is 0.312 e. The van der Waals surface area contributed by atoms with Crippen molar-refractivity contribution in [2.45, 2.75) is 0 Å². The SMILES string of the molecule is O=C(c1cccc2c1OCO2)c1nc2c([N+](=O)[O-])cccn2c1-c1ccccc1. The van der Waals surface area contributed by atoms with E-state index < -0.39 is 10.7 Å². The van der Waals surface area contributed by atoms with Gasteiger partial charge in [0.25, 0.3) is 0 Å². The Morgan fingerprint density at radius 3 is 2.66 bits per heavy atom. The van der Waals surface area contributed by atoms with Crippen molar-refractivity contribution >= 4 is 17.1 Å². The zero-order chi connectivity index (χ0) is 20.0. The van der Waals surface area contributed by atoms with Crippen molar-refractivity contribution in [2.24, 2.45) is 0 Å². The standard InChI is InChI=1S/C21H13N3O5/c25-19(14-8-4-10-16-20(14)29-12-28-16)17-18(13-6-2-1-3-7-13)23-11-5-9-15(24(26)27)21(23)22-17/h1-11H,12H2. The Morgan fingerprint density at radius 1 is 1.03 bits per heavy atom. The van der Waals surface area contributed by atoms with Crippen LogP contribution in [0.5, 0.6) is 11.5 Å². The molecule has 8 nitrogen and oxygen atoms in total. The average molecular weight is 387 g/mol. The van der Waals surface area contributed by atoms with Gasteiger partial charge in [0.1, 0.15) is 5.69 Å². The van der Waals surface area contributed by atoms with Crippen LogP contribution in [-0.4, -0.2) is 26.9 Å². The monoisotopic (exact) mass is 387 g/mol. The van der Waals surface area contributed by atoms with E-state index in [2.05, 4.69) is 4.98 Å². The van der Waals surface area contributed by atoms with Crippen molar-refractivity contribution in [3.63, 3.8) is 0 Å². The summed E-state index contributed by atoms with van der Waals surface area (Å²) in [5.41, 5.74) is 1.52. The zero-order valence-corrected chi connectivity index (χ0v) is 14.9. The third-order valence-electron chi connectivity index (χ3n) is 4.73. The highest BCUT2D eigenvalue weighted by molar-refractivity contribution is 6.13. The normalized spacial score (nSPS) is 12.3. The molecule has 0 N–H and O–H groups in total. The van der Waals surface area contributed by atoms with Gasteiger partial charge in [0.2, 0.25) is 18.2 Å². The van der Waals surface area contributed by atoms with Gasteiger partial charge in [-0.2, -0.15) is 0 Å². The van der Waals surface area contributed by atoms with E-state index in [1.54, 1.807) is 34.9 Å². The summed E-state index contributed by atoms with van der Waals surface area (Å²) >= 11 is 0. The molecule has 0 bridgehead atoms. The quantitative estimate of drug-likeness (QED) is 0.300. The van der Waals surface area contributed by atoms with Crippen LogP contribution in [0.25, 0.3) is 16.9 Å².